The molecule has 0 saturated heterocycles. The molecular formula is C50H33NO. The molecule has 0 aliphatic rings. The van der Waals surface area contributed by atoms with Crippen LogP contribution in [0, 0.1) is 0 Å². The number of para-hydroxylation sites is 2. The largest absolute Gasteiger partial charge is 0.456 e. The first-order valence-corrected chi connectivity index (χ1v) is 17.7. The molecule has 0 spiro atoms. The fraction of sp³-hybridized carbons (Fsp3) is 0. The van der Waals surface area contributed by atoms with Gasteiger partial charge in [-0.25, -0.2) is 0 Å². The molecule has 0 amide bonds. The quantitative estimate of drug-likeness (QED) is 0.176. The second-order valence-electron chi connectivity index (χ2n) is 13.4. The monoisotopic (exact) mass is 663 g/mol. The highest BCUT2D eigenvalue weighted by molar-refractivity contribution is 6.06. The van der Waals surface area contributed by atoms with Gasteiger partial charge in [0.25, 0.3) is 0 Å². The Hall–Kier alpha value is -6.90. The molecule has 0 aliphatic heterocycles. The first-order valence-electron chi connectivity index (χ1n) is 17.7. The minimum Gasteiger partial charge on any atom is -0.456 e. The van der Waals surface area contributed by atoms with E-state index in [2.05, 4.69) is 193 Å². The Morgan fingerprint density at radius 2 is 0.885 bits per heavy atom. The maximum Gasteiger partial charge on any atom is 0.137 e. The van der Waals surface area contributed by atoms with Crippen LogP contribution < -0.4 is 4.90 Å². The minimum atomic E-state index is 0.869. The van der Waals surface area contributed by atoms with E-state index in [0.717, 1.165) is 50.1 Å². The summed E-state index contributed by atoms with van der Waals surface area (Å²) in [5, 5.41) is 7.19. The van der Waals surface area contributed by atoms with Gasteiger partial charge in [0.2, 0.25) is 0 Å². The highest BCUT2D eigenvalue weighted by Crippen LogP contribution is 2.43. The zero-order chi connectivity index (χ0) is 34.4. The van der Waals surface area contributed by atoms with Gasteiger partial charge in [-0.2, -0.15) is 0 Å². The molecule has 10 aromatic rings. The third-order valence-electron chi connectivity index (χ3n) is 10.2. The van der Waals surface area contributed by atoms with Crippen molar-refractivity contribution in [3.05, 3.63) is 200 Å². The van der Waals surface area contributed by atoms with Gasteiger partial charge in [0, 0.05) is 33.8 Å². The zero-order valence-corrected chi connectivity index (χ0v) is 28.4. The standard InChI is InChI=1S/C50H33NO/c1-2-12-36(13-3-1)45-17-6-8-19-48(45)51(44-27-28-47-46-18-7-9-20-49(46)52-50(47)33-44)43-16-10-15-38(32-43)40-25-22-35-23-26-41(31-42(35)30-40)39-24-21-34-11-4-5-14-37(34)29-39/h1-33H. The number of rotatable bonds is 6. The fourth-order valence-electron chi connectivity index (χ4n) is 7.61. The molecule has 0 bridgehead atoms. The van der Waals surface area contributed by atoms with E-state index in [1.165, 1.54) is 43.8 Å². The van der Waals surface area contributed by atoms with Gasteiger partial charge in [0.1, 0.15) is 11.2 Å². The van der Waals surface area contributed by atoms with E-state index >= 15 is 0 Å². The van der Waals surface area contributed by atoms with Gasteiger partial charge in [-0.3, -0.25) is 0 Å². The molecule has 2 nitrogen and oxygen atoms in total. The van der Waals surface area contributed by atoms with Crippen molar-refractivity contribution in [3.63, 3.8) is 0 Å². The van der Waals surface area contributed by atoms with Crippen LogP contribution in [0.5, 0.6) is 0 Å². The lowest BCUT2D eigenvalue weighted by atomic mass is 9.96. The van der Waals surface area contributed by atoms with Gasteiger partial charge in [0.15, 0.2) is 0 Å². The van der Waals surface area contributed by atoms with E-state index in [4.69, 9.17) is 4.42 Å². The summed E-state index contributed by atoms with van der Waals surface area (Å²) in [6, 6.07) is 71.8. The smallest absolute Gasteiger partial charge is 0.137 e. The van der Waals surface area contributed by atoms with Crippen LogP contribution in [0.3, 0.4) is 0 Å². The van der Waals surface area contributed by atoms with Crippen LogP contribution in [0.15, 0.2) is 205 Å². The topological polar surface area (TPSA) is 16.4 Å². The SMILES string of the molecule is c1ccc(-c2ccccc2N(c2cccc(-c3ccc4ccc(-c5ccc6ccccc6c5)cc4c3)c2)c2ccc3c(c2)oc2ccccc23)cc1. The average Bonchev–Trinajstić information content (AvgIpc) is 3.59. The summed E-state index contributed by atoms with van der Waals surface area (Å²) in [4.78, 5) is 2.36. The summed E-state index contributed by atoms with van der Waals surface area (Å²) >= 11 is 0. The van der Waals surface area contributed by atoms with E-state index in [1.54, 1.807) is 0 Å². The predicted octanol–water partition coefficient (Wildman–Crippen LogP) is 14.4. The number of benzene rings is 9. The molecule has 9 aromatic carbocycles. The first kappa shape index (κ1) is 30.0. The van der Waals surface area contributed by atoms with E-state index in [0.29, 0.717) is 0 Å². The van der Waals surface area contributed by atoms with Crippen molar-refractivity contribution < 1.29 is 4.42 Å². The van der Waals surface area contributed by atoms with Gasteiger partial charge in [0.05, 0.1) is 5.69 Å². The van der Waals surface area contributed by atoms with Crippen molar-refractivity contribution in [2.24, 2.45) is 0 Å². The van der Waals surface area contributed by atoms with Crippen LogP contribution in [-0.2, 0) is 0 Å². The molecule has 52 heavy (non-hydrogen) atoms. The lowest BCUT2D eigenvalue weighted by Gasteiger charge is -2.28. The van der Waals surface area contributed by atoms with Crippen molar-refractivity contribution in [3.8, 4) is 33.4 Å². The number of hydrogen-bond donors (Lipinski definition) is 0. The van der Waals surface area contributed by atoms with Gasteiger partial charge >= 0.3 is 0 Å². The number of anilines is 3. The van der Waals surface area contributed by atoms with Crippen LogP contribution in [0.4, 0.5) is 17.1 Å². The summed E-state index contributed by atoms with van der Waals surface area (Å²) in [5.74, 6) is 0. The first-order chi connectivity index (χ1) is 25.7. The summed E-state index contributed by atoms with van der Waals surface area (Å²) in [6.07, 6.45) is 0. The van der Waals surface area contributed by atoms with Crippen LogP contribution in [0.2, 0.25) is 0 Å². The lowest BCUT2D eigenvalue weighted by molar-refractivity contribution is 0.669. The van der Waals surface area contributed by atoms with Crippen LogP contribution in [0.1, 0.15) is 0 Å². The molecule has 0 atom stereocenters. The third-order valence-corrected chi connectivity index (χ3v) is 10.2. The third kappa shape index (κ3) is 5.30. The molecule has 244 valence electrons. The molecule has 1 heterocycles. The normalized spacial score (nSPS) is 11.5. The molecule has 0 aliphatic carbocycles. The van der Waals surface area contributed by atoms with Crippen molar-refractivity contribution in [2.75, 3.05) is 4.90 Å². The second kappa shape index (κ2) is 12.5. The Kier molecular flexibility index (Phi) is 7.18. The van der Waals surface area contributed by atoms with E-state index in [-0.39, 0.29) is 0 Å². The van der Waals surface area contributed by atoms with E-state index in [1.807, 2.05) is 12.1 Å². The van der Waals surface area contributed by atoms with Crippen molar-refractivity contribution in [1.82, 2.24) is 0 Å². The molecule has 0 saturated carbocycles. The summed E-state index contributed by atoms with van der Waals surface area (Å²) < 4.78 is 6.40. The number of furan rings is 1. The minimum absolute atomic E-state index is 0.869. The highest BCUT2D eigenvalue weighted by atomic mass is 16.3. The van der Waals surface area contributed by atoms with Crippen LogP contribution >= 0.6 is 0 Å². The predicted molar refractivity (Wildman–Crippen MR) is 220 cm³/mol. The Balaban J connectivity index is 1.10. The maximum atomic E-state index is 6.40. The van der Waals surface area contributed by atoms with Gasteiger partial charge in [-0.05, 0) is 104 Å². The molecular weight excluding hydrogens is 631 g/mol. The number of hydrogen-bond acceptors (Lipinski definition) is 2. The second-order valence-corrected chi connectivity index (χ2v) is 13.4. The summed E-state index contributed by atoms with van der Waals surface area (Å²) in [7, 11) is 0. The van der Waals surface area contributed by atoms with E-state index in [9.17, 15) is 0 Å². The van der Waals surface area contributed by atoms with E-state index < -0.39 is 0 Å². The van der Waals surface area contributed by atoms with Crippen LogP contribution in [0.25, 0.3) is 76.9 Å². The van der Waals surface area contributed by atoms with Crippen LogP contribution in [-0.4, -0.2) is 0 Å². The Labute approximate surface area is 302 Å². The Morgan fingerprint density at radius 1 is 0.308 bits per heavy atom. The number of fused-ring (bicyclic) bond motifs is 5. The Bertz CT molecular complexity index is 2920. The average molecular weight is 664 g/mol. The van der Waals surface area contributed by atoms with Gasteiger partial charge in [-0.1, -0.05) is 140 Å². The Morgan fingerprint density at radius 3 is 1.69 bits per heavy atom. The van der Waals surface area contributed by atoms with Gasteiger partial charge in [-0.15, -0.1) is 0 Å². The van der Waals surface area contributed by atoms with Gasteiger partial charge < -0.3 is 9.32 Å². The fourth-order valence-corrected chi connectivity index (χ4v) is 7.61. The molecule has 0 radical (unpaired) electrons. The lowest BCUT2D eigenvalue weighted by Crippen LogP contribution is -2.11. The van der Waals surface area contributed by atoms with Crippen molar-refractivity contribution >= 4 is 60.5 Å². The molecule has 0 fully saturated rings. The maximum absolute atomic E-state index is 6.40. The molecule has 2 heteroatoms. The molecule has 0 N–H and O–H groups in total. The van der Waals surface area contributed by atoms with Crippen molar-refractivity contribution in [1.29, 1.82) is 0 Å². The number of nitrogens with zero attached hydrogens (tertiary/aromatic N) is 1. The molecule has 1 aromatic heterocycles. The molecule has 0 unspecified atom stereocenters. The van der Waals surface area contributed by atoms with Crippen molar-refractivity contribution in [2.45, 2.75) is 0 Å². The summed E-state index contributed by atoms with van der Waals surface area (Å²) in [5.41, 5.74) is 12.1. The highest BCUT2D eigenvalue weighted by Gasteiger charge is 2.19. The molecule has 10 rings (SSSR count). The zero-order valence-electron chi connectivity index (χ0n) is 28.4. The summed E-state index contributed by atoms with van der Waals surface area (Å²) in [6.45, 7) is 0.